The van der Waals surface area contributed by atoms with Crippen molar-refractivity contribution in [3.05, 3.63) is 0 Å². The van der Waals surface area contributed by atoms with Gasteiger partial charge in [-0.15, -0.1) is 0 Å². The van der Waals surface area contributed by atoms with Gasteiger partial charge in [-0.05, 0) is 33.1 Å². The molecule has 0 aromatic rings. The molecule has 1 N–H and O–H groups in total. The Kier molecular flexibility index (Phi) is 2.42. The van der Waals surface area contributed by atoms with E-state index in [4.69, 9.17) is 9.84 Å². The molecule has 0 aliphatic heterocycles. The van der Waals surface area contributed by atoms with Crippen LogP contribution < -0.4 is 0 Å². The maximum atomic E-state index is 11.3. The summed E-state index contributed by atoms with van der Waals surface area (Å²) < 4.78 is 5.14. The Balaban J connectivity index is 2.32. The van der Waals surface area contributed by atoms with Crippen molar-refractivity contribution >= 4 is 5.97 Å². The highest BCUT2D eigenvalue weighted by molar-refractivity contribution is 5.76. The lowest BCUT2D eigenvalue weighted by molar-refractivity contribution is -0.157. The lowest BCUT2D eigenvalue weighted by Gasteiger charge is -2.19. The number of rotatable bonds is 2. The normalized spacial score (nSPS) is 28.3. The molecule has 0 unspecified atom stereocenters. The summed E-state index contributed by atoms with van der Waals surface area (Å²) in [5, 5.41) is 8.72. The number of carbonyl (C=O) groups is 1. The van der Waals surface area contributed by atoms with E-state index in [1.54, 1.807) is 0 Å². The average molecular weight is 172 g/mol. The van der Waals surface area contributed by atoms with Crippen LogP contribution in [0.4, 0.5) is 0 Å². The molecule has 3 heteroatoms. The van der Waals surface area contributed by atoms with E-state index in [9.17, 15) is 4.79 Å². The van der Waals surface area contributed by atoms with Gasteiger partial charge in [0, 0.05) is 6.61 Å². The van der Waals surface area contributed by atoms with Crippen molar-refractivity contribution in [3.8, 4) is 0 Å². The first-order valence-corrected chi connectivity index (χ1v) is 4.28. The van der Waals surface area contributed by atoms with Gasteiger partial charge in [-0.2, -0.15) is 0 Å². The van der Waals surface area contributed by atoms with Gasteiger partial charge >= 0.3 is 5.97 Å². The zero-order chi connectivity index (χ0) is 9.35. The Labute approximate surface area is 72.7 Å². The quantitative estimate of drug-likeness (QED) is 0.631. The summed E-state index contributed by atoms with van der Waals surface area (Å²) in [6.07, 6.45) is 0.783. The summed E-state index contributed by atoms with van der Waals surface area (Å²) in [6, 6.07) is 0. The maximum absolute atomic E-state index is 11.3. The molecule has 12 heavy (non-hydrogen) atoms. The van der Waals surface area contributed by atoms with Crippen molar-refractivity contribution in [2.45, 2.75) is 32.8 Å². The van der Waals surface area contributed by atoms with Gasteiger partial charge in [0.1, 0.15) is 5.60 Å². The number of ether oxygens (including phenoxy) is 1. The van der Waals surface area contributed by atoms with E-state index in [2.05, 4.69) is 0 Å². The number of carbonyl (C=O) groups excluding carboxylic acids is 1. The molecule has 0 aromatic heterocycles. The first kappa shape index (κ1) is 9.52. The van der Waals surface area contributed by atoms with Crippen molar-refractivity contribution in [3.63, 3.8) is 0 Å². The van der Waals surface area contributed by atoms with Gasteiger partial charge in [0.25, 0.3) is 0 Å². The smallest absolute Gasteiger partial charge is 0.309 e. The number of aliphatic hydroxyl groups is 1. The first-order chi connectivity index (χ1) is 5.44. The van der Waals surface area contributed by atoms with Crippen molar-refractivity contribution in [2.75, 3.05) is 6.61 Å². The zero-order valence-corrected chi connectivity index (χ0v) is 7.83. The topological polar surface area (TPSA) is 46.5 Å². The van der Waals surface area contributed by atoms with Crippen LogP contribution in [0.2, 0.25) is 0 Å². The number of aliphatic hydroxyl groups excluding tert-OH is 1. The predicted octanol–water partition coefficient (Wildman–Crippen LogP) is 0.956. The lowest BCUT2D eigenvalue weighted by atomic mass is 10.2. The van der Waals surface area contributed by atoms with Crippen LogP contribution in [-0.4, -0.2) is 23.3 Å². The number of hydrogen-bond acceptors (Lipinski definition) is 3. The van der Waals surface area contributed by atoms with Crippen molar-refractivity contribution in [1.82, 2.24) is 0 Å². The van der Waals surface area contributed by atoms with E-state index in [1.807, 2.05) is 20.8 Å². The standard InChI is InChI=1S/C9H16O3/c1-9(2,3)12-8(11)7-4-6(7)5-10/h6-7,10H,4-5H2,1-3H3/t6-,7+/m0/s1. The highest BCUT2D eigenvalue weighted by Crippen LogP contribution is 2.39. The second-order valence-electron chi connectivity index (χ2n) is 4.32. The SMILES string of the molecule is CC(C)(C)OC(=O)[C@@H]1C[C@H]1CO. The Bertz CT molecular complexity index is 181. The number of hydrogen-bond donors (Lipinski definition) is 1. The minimum atomic E-state index is -0.403. The summed E-state index contributed by atoms with van der Waals surface area (Å²) in [5.41, 5.74) is -0.403. The molecule has 1 aliphatic rings. The summed E-state index contributed by atoms with van der Waals surface area (Å²) in [4.78, 5) is 11.3. The first-order valence-electron chi connectivity index (χ1n) is 4.28. The van der Waals surface area contributed by atoms with E-state index in [1.165, 1.54) is 0 Å². The molecule has 70 valence electrons. The average Bonchev–Trinajstić information content (AvgIpc) is 2.60. The second-order valence-corrected chi connectivity index (χ2v) is 4.32. The Hall–Kier alpha value is -0.570. The summed E-state index contributed by atoms with van der Waals surface area (Å²) in [5.74, 6) is -0.0596. The summed E-state index contributed by atoms with van der Waals surface area (Å²) in [7, 11) is 0. The molecule has 1 fully saturated rings. The van der Waals surface area contributed by atoms with Crippen molar-refractivity contribution in [1.29, 1.82) is 0 Å². The monoisotopic (exact) mass is 172 g/mol. The largest absolute Gasteiger partial charge is 0.460 e. The van der Waals surface area contributed by atoms with Gasteiger partial charge in [-0.1, -0.05) is 0 Å². The highest BCUT2D eigenvalue weighted by Gasteiger charge is 2.44. The van der Waals surface area contributed by atoms with Gasteiger partial charge in [-0.25, -0.2) is 0 Å². The van der Waals surface area contributed by atoms with Gasteiger partial charge < -0.3 is 9.84 Å². The fourth-order valence-electron chi connectivity index (χ4n) is 1.12. The van der Waals surface area contributed by atoms with Gasteiger partial charge in [-0.3, -0.25) is 4.79 Å². The molecular formula is C9H16O3. The third-order valence-electron chi connectivity index (χ3n) is 1.87. The molecule has 0 saturated heterocycles. The molecule has 1 saturated carbocycles. The van der Waals surface area contributed by atoms with Crippen LogP contribution in [0.3, 0.4) is 0 Å². The molecule has 0 heterocycles. The van der Waals surface area contributed by atoms with Crippen LogP contribution in [-0.2, 0) is 9.53 Å². The summed E-state index contributed by atoms with van der Waals surface area (Å²) >= 11 is 0. The van der Waals surface area contributed by atoms with E-state index < -0.39 is 5.60 Å². The Morgan fingerprint density at radius 2 is 2.17 bits per heavy atom. The molecule has 0 aromatic carbocycles. The van der Waals surface area contributed by atoms with Gasteiger partial charge in [0.05, 0.1) is 5.92 Å². The second kappa shape index (κ2) is 3.05. The van der Waals surface area contributed by atoms with Crippen LogP contribution in [0.1, 0.15) is 27.2 Å². The van der Waals surface area contributed by atoms with Gasteiger partial charge in [0.15, 0.2) is 0 Å². The Morgan fingerprint density at radius 1 is 1.58 bits per heavy atom. The van der Waals surface area contributed by atoms with Crippen LogP contribution >= 0.6 is 0 Å². The van der Waals surface area contributed by atoms with Crippen LogP contribution in [0.15, 0.2) is 0 Å². The zero-order valence-electron chi connectivity index (χ0n) is 7.83. The molecule has 1 rings (SSSR count). The number of esters is 1. The molecule has 0 bridgehead atoms. The minimum Gasteiger partial charge on any atom is -0.460 e. The molecule has 2 atom stereocenters. The maximum Gasteiger partial charge on any atom is 0.309 e. The third kappa shape index (κ3) is 2.48. The molecular weight excluding hydrogens is 156 g/mol. The van der Waals surface area contributed by atoms with Crippen LogP contribution in [0.25, 0.3) is 0 Å². The molecule has 0 amide bonds. The molecule has 0 spiro atoms. The van der Waals surface area contributed by atoms with E-state index in [-0.39, 0.29) is 24.4 Å². The van der Waals surface area contributed by atoms with E-state index in [0.29, 0.717) is 0 Å². The lowest BCUT2D eigenvalue weighted by Crippen LogP contribution is -2.25. The fourth-order valence-corrected chi connectivity index (χ4v) is 1.12. The molecule has 1 aliphatic carbocycles. The minimum absolute atomic E-state index is 0.0470. The summed E-state index contributed by atoms with van der Waals surface area (Å²) in [6.45, 7) is 5.65. The molecule has 0 radical (unpaired) electrons. The van der Waals surface area contributed by atoms with Crippen molar-refractivity contribution < 1.29 is 14.6 Å². The third-order valence-corrected chi connectivity index (χ3v) is 1.87. The predicted molar refractivity (Wildman–Crippen MR) is 44.5 cm³/mol. The van der Waals surface area contributed by atoms with Crippen molar-refractivity contribution in [2.24, 2.45) is 11.8 Å². The van der Waals surface area contributed by atoms with Crippen LogP contribution in [0, 0.1) is 11.8 Å². The van der Waals surface area contributed by atoms with Gasteiger partial charge in [0.2, 0.25) is 0 Å². The van der Waals surface area contributed by atoms with Crippen LogP contribution in [0.5, 0.6) is 0 Å². The molecule has 3 nitrogen and oxygen atoms in total. The Morgan fingerprint density at radius 3 is 2.50 bits per heavy atom. The van der Waals surface area contributed by atoms with E-state index in [0.717, 1.165) is 6.42 Å². The fraction of sp³-hybridized carbons (Fsp3) is 0.889. The van der Waals surface area contributed by atoms with E-state index >= 15 is 0 Å². The highest BCUT2D eigenvalue weighted by atomic mass is 16.6.